The minimum atomic E-state index is 0.857. The predicted molar refractivity (Wildman–Crippen MR) is 245 cm³/mol. The first-order valence-electron chi connectivity index (χ1n) is 20.0. The Morgan fingerprint density at radius 2 is 0.644 bits per heavy atom. The van der Waals surface area contributed by atoms with E-state index >= 15 is 0 Å². The second-order valence-electron chi connectivity index (χ2n) is 15.3. The van der Waals surface area contributed by atoms with Gasteiger partial charge in [-0.05, 0) is 84.9 Å². The van der Waals surface area contributed by atoms with Crippen LogP contribution in [0.2, 0.25) is 0 Å². The number of nitrogens with zero attached hydrogens (tertiary/aromatic N) is 3. The summed E-state index contributed by atoms with van der Waals surface area (Å²) in [5.74, 6) is 0. The summed E-state index contributed by atoms with van der Waals surface area (Å²) in [5, 5.41) is 9.29. The molecule has 276 valence electrons. The van der Waals surface area contributed by atoms with Gasteiger partial charge in [-0.2, -0.15) is 0 Å². The van der Waals surface area contributed by atoms with Gasteiger partial charge < -0.3 is 23.0 Å². The fraction of sp³-hybridized carbons (Fsp3) is 0. The van der Waals surface area contributed by atoms with Gasteiger partial charge in [0.15, 0.2) is 0 Å². The monoisotopic (exact) mass is 755 g/mol. The van der Waals surface area contributed by atoms with Crippen molar-refractivity contribution in [2.45, 2.75) is 0 Å². The summed E-state index contributed by atoms with van der Waals surface area (Å²) in [6.07, 6.45) is 0. The zero-order valence-electron chi connectivity index (χ0n) is 31.7. The quantitative estimate of drug-likeness (QED) is 0.169. The number of hydrogen-bond donors (Lipinski definition) is 0. The van der Waals surface area contributed by atoms with E-state index in [0.29, 0.717) is 0 Å². The van der Waals surface area contributed by atoms with Gasteiger partial charge in [-0.15, -0.1) is 0 Å². The lowest BCUT2D eigenvalue weighted by atomic mass is 10.0. The smallest absolute Gasteiger partial charge is 0.137 e. The van der Waals surface area contributed by atoms with Gasteiger partial charge >= 0.3 is 0 Å². The zero-order chi connectivity index (χ0) is 38.6. The number of hydrogen-bond acceptors (Lipinski definition) is 4. The van der Waals surface area contributed by atoms with E-state index in [1.807, 2.05) is 0 Å². The standard InChI is InChI=1S/C54H33N3O2/c1-5-14-34(15-6-1)55(35-16-7-2-8-17-35)38-24-26-40-46-30-44-42-22-13-23-43-45-31-47-41-27-25-39(56(36-18-9-3-10-19-36)37-20-11-4-12-21-37)29-51(41)59-53(47)33-49(45)57(54(42)43)48(44)32-52(46)58-50(40)28-38/h1-33H. The van der Waals surface area contributed by atoms with E-state index in [9.17, 15) is 0 Å². The highest BCUT2D eigenvalue weighted by Crippen LogP contribution is 2.46. The summed E-state index contributed by atoms with van der Waals surface area (Å²) in [5.41, 5.74) is 13.3. The molecule has 5 heteroatoms. The van der Waals surface area contributed by atoms with E-state index in [1.165, 1.54) is 27.1 Å². The van der Waals surface area contributed by atoms with Crippen LogP contribution in [0.1, 0.15) is 0 Å². The molecule has 0 radical (unpaired) electrons. The highest BCUT2D eigenvalue weighted by Gasteiger charge is 2.23. The number of furan rings is 2. The van der Waals surface area contributed by atoms with Crippen molar-refractivity contribution in [3.05, 3.63) is 200 Å². The third-order valence-electron chi connectivity index (χ3n) is 12.0. The van der Waals surface area contributed by atoms with Gasteiger partial charge in [0.25, 0.3) is 0 Å². The third-order valence-corrected chi connectivity index (χ3v) is 12.0. The number of anilines is 6. The lowest BCUT2D eigenvalue weighted by Gasteiger charge is -2.25. The Bertz CT molecular complexity index is 3400. The van der Waals surface area contributed by atoms with Gasteiger partial charge in [0, 0.05) is 101 Å². The van der Waals surface area contributed by atoms with E-state index in [0.717, 1.165) is 89.0 Å². The Kier molecular flexibility index (Phi) is 6.66. The van der Waals surface area contributed by atoms with Crippen molar-refractivity contribution >= 4 is 116 Å². The molecular weight excluding hydrogens is 723 g/mol. The van der Waals surface area contributed by atoms with E-state index in [1.54, 1.807) is 0 Å². The van der Waals surface area contributed by atoms with Crippen molar-refractivity contribution in [2.75, 3.05) is 9.80 Å². The van der Waals surface area contributed by atoms with Crippen LogP contribution >= 0.6 is 0 Å². The Morgan fingerprint density at radius 1 is 0.271 bits per heavy atom. The van der Waals surface area contributed by atoms with Crippen LogP contribution in [-0.2, 0) is 0 Å². The summed E-state index contributed by atoms with van der Waals surface area (Å²) in [7, 11) is 0. The van der Waals surface area contributed by atoms with Crippen molar-refractivity contribution in [2.24, 2.45) is 0 Å². The number of benzene rings is 9. The Balaban J connectivity index is 0.985. The van der Waals surface area contributed by atoms with Gasteiger partial charge in [-0.3, -0.25) is 0 Å². The Hall–Kier alpha value is -8.02. The van der Waals surface area contributed by atoms with Crippen LogP contribution in [0.3, 0.4) is 0 Å². The average Bonchev–Trinajstić information content (AvgIpc) is 4.02. The summed E-state index contributed by atoms with van der Waals surface area (Å²) in [6.45, 7) is 0. The fourth-order valence-corrected chi connectivity index (χ4v) is 9.47. The van der Waals surface area contributed by atoms with Crippen LogP contribution in [0.5, 0.6) is 0 Å². The molecule has 0 N–H and O–H groups in total. The average molecular weight is 756 g/mol. The largest absolute Gasteiger partial charge is 0.456 e. The van der Waals surface area contributed by atoms with Gasteiger partial charge in [-0.1, -0.05) is 91.0 Å². The molecule has 4 heterocycles. The molecule has 0 spiro atoms. The molecule has 5 nitrogen and oxygen atoms in total. The van der Waals surface area contributed by atoms with Crippen molar-refractivity contribution < 1.29 is 8.83 Å². The first kappa shape index (κ1) is 32.1. The van der Waals surface area contributed by atoms with Gasteiger partial charge in [0.2, 0.25) is 0 Å². The number of aromatic nitrogens is 1. The van der Waals surface area contributed by atoms with E-state index in [2.05, 4.69) is 214 Å². The molecule has 13 aromatic rings. The molecule has 0 saturated heterocycles. The van der Waals surface area contributed by atoms with E-state index < -0.39 is 0 Å². The second kappa shape index (κ2) is 12.2. The summed E-state index contributed by atoms with van der Waals surface area (Å²) >= 11 is 0. The van der Waals surface area contributed by atoms with Crippen LogP contribution in [0.25, 0.3) is 82.0 Å². The van der Waals surface area contributed by atoms with Crippen LogP contribution in [0, 0.1) is 0 Å². The first-order chi connectivity index (χ1) is 29.2. The molecule has 0 aliphatic heterocycles. The zero-order valence-corrected chi connectivity index (χ0v) is 31.7. The van der Waals surface area contributed by atoms with E-state index in [-0.39, 0.29) is 0 Å². The highest BCUT2D eigenvalue weighted by molar-refractivity contribution is 6.27. The van der Waals surface area contributed by atoms with Crippen molar-refractivity contribution in [1.29, 1.82) is 0 Å². The van der Waals surface area contributed by atoms with Gasteiger partial charge in [0.1, 0.15) is 22.3 Å². The molecule has 9 aromatic carbocycles. The molecule has 0 amide bonds. The molecular formula is C54H33N3O2. The normalized spacial score (nSPS) is 12.1. The Labute approximate surface area is 338 Å². The van der Waals surface area contributed by atoms with Crippen LogP contribution in [-0.4, -0.2) is 4.40 Å². The number of para-hydroxylation sites is 5. The lowest BCUT2D eigenvalue weighted by molar-refractivity contribution is 0.669. The second-order valence-corrected chi connectivity index (χ2v) is 15.3. The molecule has 0 saturated carbocycles. The lowest BCUT2D eigenvalue weighted by Crippen LogP contribution is -2.09. The highest BCUT2D eigenvalue weighted by atomic mass is 16.3. The molecule has 59 heavy (non-hydrogen) atoms. The topological polar surface area (TPSA) is 37.2 Å². The minimum Gasteiger partial charge on any atom is -0.456 e. The predicted octanol–water partition coefficient (Wildman–Crippen LogP) is 15.6. The van der Waals surface area contributed by atoms with Gasteiger partial charge in [0.05, 0.1) is 16.6 Å². The summed E-state index contributed by atoms with van der Waals surface area (Å²) in [6, 6.07) is 70.9. The molecule has 13 rings (SSSR count). The van der Waals surface area contributed by atoms with Crippen LogP contribution < -0.4 is 9.80 Å². The molecule has 0 unspecified atom stereocenters. The third kappa shape index (κ3) is 4.73. The molecule has 0 bridgehead atoms. The summed E-state index contributed by atoms with van der Waals surface area (Å²) in [4.78, 5) is 4.54. The van der Waals surface area contributed by atoms with Crippen LogP contribution in [0.4, 0.5) is 34.1 Å². The fourth-order valence-electron chi connectivity index (χ4n) is 9.47. The maximum atomic E-state index is 6.77. The van der Waals surface area contributed by atoms with E-state index in [4.69, 9.17) is 8.83 Å². The van der Waals surface area contributed by atoms with Crippen molar-refractivity contribution in [3.8, 4) is 0 Å². The molecule has 0 aliphatic rings. The first-order valence-corrected chi connectivity index (χ1v) is 20.0. The Morgan fingerprint density at radius 3 is 1.03 bits per heavy atom. The minimum absolute atomic E-state index is 0.857. The molecule has 0 atom stereocenters. The maximum Gasteiger partial charge on any atom is 0.137 e. The molecule has 0 fully saturated rings. The molecule has 0 aliphatic carbocycles. The summed E-state index contributed by atoms with van der Waals surface area (Å²) < 4.78 is 15.9. The van der Waals surface area contributed by atoms with Crippen LogP contribution in [0.15, 0.2) is 209 Å². The molecule has 4 aromatic heterocycles. The number of rotatable bonds is 6. The number of fused-ring (bicyclic) bond motifs is 12. The van der Waals surface area contributed by atoms with Gasteiger partial charge in [-0.25, -0.2) is 0 Å². The maximum absolute atomic E-state index is 6.77. The van der Waals surface area contributed by atoms with Crippen molar-refractivity contribution in [1.82, 2.24) is 4.40 Å². The SMILES string of the molecule is c1ccc(N(c2ccccc2)c2ccc3c(c2)oc2cc4c(cc23)c2cccc3c5cc6c(cc5n4c23)oc2cc(N(c3ccccc3)c3ccccc3)ccc26)cc1. The van der Waals surface area contributed by atoms with Crippen molar-refractivity contribution in [3.63, 3.8) is 0 Å².